The number of fused-ring (bicyclic) bond motifs is 1. The third kappa shape index (κ3) is 2.64. The van der Waals surface area contributed by atoms with E-state index in [9.17, 15) is 5.11 Å². The number of aromatic amines is 1. The SMILES string of the molecule is C=C1c2[nH]ccc2C(c2cccc(O)c2Cc2ccccc2)=CN1C. The van der Waals surface area contributed by atoms with E-state index in [4.69, 9.17) is 0 Å². The number of phenolic OH excluding ortho intramolecular Hbond substituents is 1. The zero-order valence-corrected chi connectivity index (χ0v) is 14.2. The molecule has 3 nitrogen and oxygen atoms in total. The van der Waals surface area contributed by atoms with Crippen LogP contribution in [0.15, 0.2) is 73.6 Å². The number of phenols is 1. The van der Waals surface area contributed by atoms with Gasteiger partial charge in [0.25, 0.3) is 0 Å². The molecule has 4 rings (SSSR count). The predicted molar refractivity (Wildman–Crippen MR) is 102 cm³/mol. The Balaban J connectivity index is 1.86. The number of aromatic nitrogens is 1. The van der Waals surface area contributed by atoms with Crippen molar-refractivity contribution in [2.24, 2.45) is 0 Å². The maximum Gasteiger partial charge on any atom is 0.119 e. The highest BCUT2D eigenvalue weighted by Gasteiger charge is 2.23. The number of H-pyrrole nitrogens is 1. The molecular formula is C22H20N2O. The molecular weight excluding hydrogens is 308 g/mol. The van der Waals surface area contributed by atoms with Gasteiger partial charge < -0.3 is 15.0 Å². The minimum atomic E-state index is 0.325. The lowest BCUT2D eigenvalue weighted by atomic mass is 9.89. The van der Waals surface area contributed by atoms with Gasteiger partial charge in [-0.25, -0.2) is 0 Å². The number of rotatable bonds is 3. The summed E-state index contributed by atoms with van der Waals surface area (Å²) in [6.07, 6.45) is 4.70. The molecule has 2 aromatic carbocycles. The molecule has 3 heteroatoms. The van der Waals surface area contributed by atoms with E-state index in [1.807, 2.05) is 42.4 Å². The second-order valence-corrected chi connectivity index (χ2v) is 6.33. The number of benzene rings is 2. The van der Waals surface area contributed by atoms with Gasteiger partial charge in [-0.15, -0.1) is 0 Å². The Morgan fingerprint density at radius 2 is 1.80 bits per heavy atom. The Morgan fingerprint density at radius 3 is 2.60 bits per heavy atom. The van der Waals surface area contributed by atoms with Gasteiger partial charge in [0.1, 0.15) is 5.75 Å². The highest BCUT2D eigenvalue weighted by atomic mass is 16.3. The van der Waals surface area contributed by atoms with Crippen molar-refractivity contribution in [3.63, 3.8) is 0 Å². The third-order valence-corrected chi connectivity index (χ3v) is 4.74. The second kappa shape index (κ2) is 6.02. The minimum Gasteiger partial charge on any atom is -0.508 e. The Labute approximate surface area is 147 Å². The Morgan fingerprint density at radius 1 is 1.00 bits per heavy atom. The predicted octanol–water partition coefficient (Wildman–Crippen LogP) is 4.62. The van der Waals surface area contributed by atoms with Gasteiger partial charge in [-0.05, 0) is 23.3 Å². The summed E-state index contributed by atoms with van der Waals surface area (Å²) in [5.41, 5.74) is 7.32. The maximum atomic E-state index is 10.5. The Bertz CT molecular complexity index is 967. The first-order valence-corrected chi connectivity index (χ1v) is 8.32. The molecule has 0 amide bonds. The van der Waals surface area contributed by atoms with Gasteiger partial charge in [0, 0.05) is 42.6 Å². The summed E-state index contributed by atoms with van der Waals surface area (Å²) in [5, 5.41) is 10.5. The van der Waals surface area contributed by atoms with Crippen LogP contribution in [-0.2, 0) is 6.42 Å². The van der Waals surface area contributed by atoms with Crippen molar-refractivity contribution in [1.82, 2.24) is 9.88 Å². The Hall–Kier alpha value is -3.20. The summed E-state index contributed by atoms with van der Waals surface area (Å²) < 4.78 is 0. The lowest BCUT2D eigenvalue weighted by molar-refractivity contribution is 0.469. The molecule has 0 aliphatic carbocycles. The van der Waals surface area contributed by atoms with Crippen molar-refractivity contribution in [2.75, 3.05) is 7.05 Å². The topological polar surface area (TPSA) is 39.3 Å². The molecule has 1 aliphatic rings. The first-order chi connectivity index (χ1) is 12.1. The zero-order valence-electron chi connectivity index (χ0n) is 14.2. The normalized spacial score (nSPS) is 13.6. The molecule has 0 saturated carbocycles. The molecule has 0 fully saturated rings. The second-order valence-electron chi connectivity index (χ2n) is 6.33. The van der Waals surface area contributed by atoms with Crippen molar-refractivity contribution in [1.29, 1.82) is 0 Å². The van der Waals surface area contributed by atoms with Gasteiger partial charge in [-0.3, -0.25) is 0 Å². The monoisotopic (exact) mass is 328 g/mol. The van der Waals surface area contributed by atoms with Gasteiger partial charge in [0.15, 0.2) is 0 Å². The van der Waals surface area contributed by atoms with Crippen LogP contribution in [0.25, 0.3) is 11.3 Å². The van der Waals surface area contributed by atoms with Crippen LogP contribution in [0.4, 0.5) is 0 Å². The summed E-state index contributed by atoms with van der Waals surface area (Å²) >= 11 is 0. The van der Waals surface area contributed by atoms with Crippen molar-refractivity contribution in [3.05, 3.63) is 102 Å². The van der Waals surface area contributed by atoms with Crippen LogP contribution in [0.3, 0.4) is 0 Å². The molecule has 0 unspecified atom stereocenters. The number of aromatic hydroxyl groups is 1. The molecule has 0 atom stereocenters. The van der Waals surface area contributed by atoms with E-state index < -0.39 is 0 Å². The number of nitrogens with zero attached hydrogens (tertiary/aromatic N) is 1. The van der Waals surface area contributed by atoms with E-state index in [-0.39, 0.29) is 0 Å². The number of hydrogen-bond donors (Lipinski definition) is 2. The van der Waals surface area contributed by atoms with Crippen LogP contribution >= 0.6 is 0 Å². The average molecular weight is 328 g/mol. The van der Waals surface area contributed by atoms with E-state index >= 15 is 0 Å². The summed E-state index contributed by atoms with van der Waals surface area (Å²) in [5.74, 6) is 0.325. The lowest BCUT2D eigenvalue weighted by Gasteiger charge is -2.26. The molecule has 1 aliphatic heterocycles. The minimum absolute atomic E-state index is 0.325. The van der Waals surface area contributed by atoms with Crippen molar-refractivity contribution < 1.29 is 5.11 Å². The van der Waals surface area contributed by atoms with Gasteiger partial charge in [0.2, 0.25) is 0 Å². The van der Waals surface area contributed by atoms with Gasteiger partial charge in [0.05, 0.1) is 11.4 Å². The summed E-state index contributed by atoms with van der Waals surface area (Å²) in [6, 6.07) is 18.0. The standard InChI is InChI=1S/C22H20N2O/c1-15-22-18(11-12-23-22)20(14-24(15)2)17-9-6-10-21(25)19(17)13-16-7-4-3-5-8-16/h3-12,14,23,25H,1,13H2,2H3. The van der Waals surface area contributed by atoms with Crippen LogP contribution in [0, 0.1) is 0 Å². The fourth-order valence-electron chi connectivity index (χ4n) is 3.38. The van der Waals surface area contributed by atoms with Crippen LogP contribution in [-0.4, -0.2) is 22.0 Å². The molecule has 124 valence electrons. The van der Waals surface area contributed by atoms with Gasteiger partial charge >= 0.3 is 0 Å². The van der Waals surface area contributed by atoms with E-state index in [0.717, 1.165) is 33.7 Å². The summed E-state index contributed by atoms with van der Waals surface area (Å²) in [7, 11) is 1.99. The summed E-state index contributed by atoms with van der Waals surface area (Å²) in [4.78, 5) is 5.30. The van der Waals surface area contributed by atoms with E-state index in [1.165, 1.54) is 5.56 Å². The van der Waals surface area contributed by atoms with E-state index in [1.54, 1.807) is 6.07 Å². The fourth-order valence-corrected chi connectivity index (χ4v) is 3.38. The molecule has 3 aromatic rings. The molecule has 2 N–H and O–H groups in total. The van der Waals surface area contributed by atoms with Crippen LogP contribution < -0.4 is 0 Å². The van der Waals surface area contributed by atoms with E-state index in [2.05, 4.69) is 42.0 Å². The maximum absolute atomic E-state index is 10.5. The molecule has 25 heavy (non-hydrogen) atoms. The van der Waals surface area contributed by atoms with Crippen molar-refractivity contribution >= 4 is 11.3 Å². The molecule has 0 saturated heterocycles. The highest BCUT2D eigenvalue weighted by molar-refractivity contribution is 5.90. The van der Waals surface area contributed by atoms with Crippen molar-refractivity contribution in [2.45, 2.75) is 6.42 Å². The van der Waals surface area contributed by atoms with E-state index in [0.29, 0.717) is 12.2 Å². The molecule has 0 bridgehead atoms. The quantitative estimate of drug-likeness (QED) is 0.736. The molecule has 2 heterocycles. The third-order valence-electron chi connectivity index (χ3n) is 4.74. The highest BCUT2D eigenvalue weighted by Crippen LogP contribution is 2.39. The largest absolute Gasteiger partial charge is 0.508 e. The van der Waals surface area contributed by atoms with Crippen LogP contribution in [0.1, 0.15) is 27.9 Å². The first kappa shape index (κ1) is 15.3. The van der Waals surface area contributed by atoms with Gasteiger partial charge in [-0.1, -0.05) is 49.0 Å². The fraction of sp³-hybridized carbons (Fsp3) is 0.0909. The van der Waals surface area contributed by atoms with Gasteiger partial charge in [-0.2, -0.15) is 0 Å². The van der Waals surface area contributed by atoms with Crippen LogP contribution in [0.5, 0.6) is 5.75 Å². The summed E-state index contributed by atoms with van der Waals surface area (Å²) in [6.45, 7) is 4.15. The smallest absolute Gasteiger partial charge is 0.119 e. The number of nitrogens with one attached hydrogen (secondary N) is 1. The lowest BCUT2D eigenvalue weighted by Crippen LogP contribution is -2.16. The zero-order chi connectivity index (χ0) is 17.4. The molecule has 0 radical (unpaired) electrons. The molecule has 0 spiro atoms. The van der Waals surface area contributed by atoms with Crippen LogP contribution in [0.2, 0.25) is 0 Å². The average Bonchev–Trinajstić information content (AvgIpc) is 3.11. The number of hydrogen-bond acceptors (Lipinski definition) is 2. The van der Waals surface area contributed by atoms with Crippen molar-refractivity contribution in [3.8, 4) is 5.75 Å². The Kier molecular flexibility index (Phi) is 3.69. The first-order valence-electron chi connectivity index (χ1n) is 8.32. The molecule has 1 aromatic heterocycles.